The molecule has 0 N–H and O–H groups in total. The van der Waals surface area contributed by atoms with Crippen LogP contribution in [0, 0.1) is 10.8 Å². The fraction of sp³-hybridized carbons (Fsp3) is 0.871. The molecule has 2 aromatic heterocycles. The molecule has 43 heavy (non-hydrogen) atoms. The van der Waals surface area contributed by atoms with Crippen molar-refractivity contribution in [3.63, 3.8) is 0 Å². The second kappa shape index (κ2) is 21.7. The van der Waals surface area contributed by atoms with Gasteiger partial charge in [0.25, 0.3) is 0 Å². The van der Waals surface area contributed by atoms with Crippen LogP contribution in [0.15, 0.2) is 12.4 Å². The van der Waals surface area contributed by atoms with E-state index in [-0.39, 0.29) is 10.8 Å². The van der Waals surface area contributed by atoms with E-state index < -0.39 is 0 Å². The van der Waals surface area contributed by atoms with E-state index >= 15 is 0 Å². The summed E-state index contributed by atoms with van der Waals surface area (Å²) in [5, 5.41) is 17.0. The fourth-order valence-corrected chi connectivity index (χ4v) is 4.80. The lowest BCUT2D eigenvalue weighted by Gasteiger charge is -2.35. The number of hydrogen-bond donors (Lipinski definition) is 0. The minimum atomic E-state index is -0.260. The lowest BCUT2D eigenvalue weighted by atomic mass is 9.83. The third-order valence-electron chi connectivity index (χ3n) is 8.14. The average molecular weight is 611 g/mol. The first-order chi connectivity index (χ1) is 21.0. The molecule has 2 aromatic rings. The number of nitrogens with zero attached hydrogens (tertiary/aromatic N) is 6. The summed E-state index contributed by atoms with van der Waals surface area (Å²) in [6, 6.07) is 0. The normalized spacial score (nSPS) is 13.5. The summed E-state index contributed by atoms with van der Waals surface area (Å²) in [5.74, 6) is 0. The van der Waals surface area contributed by atoms with Crippen LogP contribution in [-0.4, -0.2) is 97.1 Å². The van der Waals surface area contributed by atoms with Crippen LogP contribution >= 0.6 is 0 Å². The van der Waals surface area contributed by atoms with E-state index in [1.807, 2.05) is 17.1 Å². The molecule has 1 unspecified atom stereocenters. The Labute approximate surface area is 259 Å². The quantitative estimate of drug-likeness (QED) is 0.125. The molecule has 0 aromatic carbocycles. The highest BCUT2D eigenvalue weighted by Gasteiger charge is 2.33. The maximum absolute atomic E-state index is 6.41. The zero-order valence-corrected chi connectivity index (χ0v) is 27.7. The predicted molar refractivity (Wildman–Crippen MR) is 165 cm³/mol. The number of hydrogen-bond acceptors (Lipinski definition) is 10. The molecular formula is C31H58N6O6. The zero-order chi connectivity index (χ0) is 31.2. The Morgan fingerprint density at radius 1 is 0.581 bits per heavy atom. The van der Waals surface area contributed by atoms with E-state index in [0.29, 0.717) is 72.6 Å². The lowest BCUT2D eigenvalue weighted by Crippen LogP contribution is -2.39. The monoisotopic (exact) mass is 610 g/mol. The van der Waals surface area contributed by atoms with Crippen molar-refractivity contribution in [1.29, 1.82) is 0 Å². The van der Waals surface area contributed by atoms with Gasteiger partial charge in [-0.25, -0.2) is 4.68 Å². The van der Waals surface area contributed by atoms with Crippen molar-refractivity contribution in [2.24, 2.45) is 10.8 Å². The number of methoxy groups -OCH3 is 2. The first-order valence-electron chi connectivity index (χ1n) is 16.0. The largest absolute Gasteiger partial charge is 0.384 e. The van der Waals surface area contributed by atoms with Gasteiger partial charge in [0.2, 0.25) is 0 Å². The summed E-state index contributed by atoms with van der Waals surface area (Å²) >= 11 is 0. The van der Waals surface area contributed by atoms with Gasteiger partial charge in [-0.15, -0.1) is 10.2 Å². The Kier molecular flexibility index (Phi) is 18.8. The fourth-order valence-electron chi connectivity index (χ4n) is 4.80. The molecule has 2 rings (SSSR count). The number of aromatic nitrogens is 6. The molecule has 0 amide bonds. The maximum atomic E-state index is 6.41. The first kappa shape index (κ1) is 37.2. The minimum Gasteiger partial charge on any atom is -0.384 e. The van der Waals surface area contributed by atoms with Crippen molar-refractivity contribution in [3.05, 3.63) is 23.8 Å². The van der Waals surface area contributed by atoms with E-state index in [1.54, 1.807) is 18.9 Å². The standard InChI is InChI=1S/C31H58N6O6/c1-7-11-12-13-14-36-19-28(32-34-36)21-41-24-30(8-2,9-3)25-43-27-31(10-4,23-39-6)26-42-22-29-20-37(35-33-29)15-16-40-18-17-38-5/h19-20H,7-18,21-27H2,1-6H3. The molecule has 12 nitrogen and oxygen atoms in total. The van der Waals surface area contributed by atoms with Crippen molar-refractivity contribution in [2.45, 2.75) is 98.9 Å². The SMILES string of the molecule is CCCCCCn1cc(COCC(CC)(CC)COCC(CC)(COC)COCc2cn(CCOCCOC)nn2)nn1. The van der Waals surface area contributed by atoms with Crippen LogP contribution in [0.25, 0.3) is 0 Å². The summed E-state index contributed by atoms with van der Waals surface area (Å²) in [7, 11) is 3.38. The second-order valence-corrected chi connectivity index (χ2v) is 11.6. The number of aryl methyl sites for hydroxylation is 1. The third kappa shape index (κ3) is 14.1. The molecule has 2 heterocycles. The maximum Gasteiger partial charge on any atom is 0.108 e. The van der Waals surface area contributed by atoms with Crippen molar-refractivity contribution >= 4 is 0 Å². The summed E-state index contributed by atoms with van der Waals surface area (Å²) in [4.78, 5) is 0. The van der Waals surface area contributed by atoms with Crippen LogP contribution in [0.4, 0.5) is 0 Å². The minimum absolute atomic E-state index is 0.0741. The van der Waals surface area contributed by atoms with Crippen LogP contribution in [0.3, 0.4) is 0 Å². The molecule has 0 aliphatic heterocycles. The Balaban J connectivity index is 1.80. The highest BCUT2D eigenvalue weighted by atomic mass is 16.5. The first-order valence-corrected chi connectivity index (χ1v) is 16.0. The van der Waals surface area contributed by atoms with Crippen molar-refractivity contribution in [3.8, 4) is 0 Å². The van der Waals surface area contributed by atoms with Gasteiger partial charge in [-0.1, -0.05) is 57.4 Å². The number of unbranched alkanes of at least 4 members (excludes halogenated alkanes) is 3. The van der Waals surface area contributed by atoms with E-state index in [9.17, 15) is 0 Å². The zero-order valence-electron chi connectivity index (χ0n) is 27.7. The van der Waals surface area contributed by atoms with Gasteiger partial charge in [0, 0.05) is 31.6 Å². The Bertz CT molecular complexity index is 953. The third-order valence-corrected chi connectivity index (χ3v) is 8.14. The highest BCUT2D eigenvalue weighted by Crippen LogP contribution is 2.30. The molecule has 0 aliphatic carbocycles. The van der Waals surface area contributed by atoms with Gasteiger partial charge >= 0.3 is 0 Å². The van der Waals surface area contributed by atoms with Gasteiger partial charge in [-0.05, 0) is 25.7 Å². The van der Waals surface area contributed by atoms with Crippen LogP contribution in [-0.2, 0) is 54.7 Å². The Hall–Kier alpha value is -1.96. The summed E-state index contributed by atoms with van der Waals surface area (Å²) < 4.78 is 38.5. The van der Waals surface area contributed by atoms with Crippen LogP contribution < -0.4 is 0 Å². The summed E-state index contributed by atoms with van der Waals surface area (Å²) in [6.45, 7) is 15.6. The van der Waals surface area contributed by atoms with Gasteiger partial charge in [-0.2, -0.15) is 0 Å². The molecule has 0 spiro atoms. The van der Waals surface area contributed by atoms with Crippen LogP contribution in [0.1, 0.15) is 84.0 Å². The van der Waals surface area contributed by atoms with Gasteiger partial charge in [0.15, 0.2) is 0 Å². The van der Waals surface area contributed by atoms with Gasteiger partial charge in [-0.3, -0.25) is 4.68 Å². The van der Waals surface area contributed by atoms with Gasteiger partial charge in [0.05, 0.1) is 85.0 Å². The molecule has 0 saturated heterocycles. The average Bonchev–Trinajstić information content (AvgIpc) is 3.68. The predicted octanol–water partition coefficient (Wildman–Crippen LogP) is 4.71. The van der Waals surface area contributed by atoms with Gasteiger partial charge < -0.3 is 28.4 Å². The second-order valence-electron chi connectivity index (χ2n) is 11.6. The Morgan fingerprint density at radius 2 is 1.16 bits per heavy atom. The van der Waals surface area contributed by atoms with E-state index in [1.165, 1.54) is 19.3 Å². The van der Waals surface area contributed by atoms with Crippen LogP contribution in [0.5, 0.6) is 0 Å². The summed E-state index contributed by atoms with van der Waals surface area (Å²) in [5.41, 5.74) is 1.32. The molecule has 0 saturated carbocycles. The van der Waals surface area contributed by atoms with E-state index in [0.717, 1.165) is 43.6 Å². The van der Waals surface area contributed by atoms with Gasteiger partial charge in [0.1, 0.15) is 11.4 Å². The smallest absolute Gasteiger partial charge is 0.108 e. The molecule has 1 atom stereocenters. The Morgan fingerprint density at radius 3 is 1.74 bits per heavy atom. The molecule has 0 radical (unpaired) electrons. The summed E-state index contributed by atoms with van der Waals surface area (Å²) in [6.07, 6.45) is 11.5. The van der Waals surface area contributed by atoms with Crippen LogP contribution in [0.2, 0.25) is 0 Å². The van der Waals surface area contributed by atoms with Crippen molar-refractivity contribution in [2.75, 3.05) is 67.1 Å². The molecule has 0 aliphatic rings. The molecule has 248 valence electrons. The van der Waals surface area contributed by atoms with Crippen molar-refractivity contribution < 1.29 is 28.4 Å². The molecule has 0 bridgehead atoms. The molecule has 12 heteroatoms. The lowest BCUT2D eigenvalue weighted by molar-refractivity contribution is -0.0947. The van der Waals surface area contributed by atoms with E-state index in [4.69, 9.17) is 28.4 Å². The van der Waals surface area contributed by atoms with E-state index in [2.05, 4.69) is 48.3 Å². The molecule has 0 fully saturated rings. The topological polar surface area (TPSA) is 117 Å². The number of ether oxygens (including phenoxy) is 6. The molecular weight excluding hydrogens is 552 g/mol. The van der Waals surface area contributed by atoms with Crippen molar-refractivity contribution in [1.82, 2.24) is 30.0 Å². The highest BCUT2D eigenvalue weighted by molar-refractivity contribution is 4.91. The number of rotatable bonds is 28.